The molecule has 4 nitrogen and oxygen atoms in total. The second-order valence-electron chi connectivity index (χ2n) is 4.97. The molecule has 0 amide bonds. The van der Waals surface area contributed by atoms with Gasteiger partial charge < -0.3 is 14.9 Å². The molecule has 0 saturated carbocycles. The fraction of sp³-hybridized carbons (Fsp3) is 0.188. The lowest BCUT2D eigenvalue weighted by atomic mass is 9.88. The van der Waals surface area contributed by atoms with E-state index >= 15 is 0 Å². The number of carbonyl (C=O) groups is 1. The second kappa shape index (κ2) is 4.56. The topological polar surface area (TPSA) is 66.8 Å². The summed E-state index contributed by atoms with van der Waals surface area (Å²) in [5.41, 5.74) is 2.29. The maximum atomic E-state index is 12.1. The van der Waals surface area contributed by atoms with Gasteiger partial charge in [0.15, 0.2) is 0 Å². The fourth-order valence-corrected chi connectivity index (χ4v) is 2.48. The van der Waals surface area contributed by atoms with Gasteiger partial charge in [-0.1, -0.05) is 18.2 Å². The van der Waals surface area contributed by atoms with Crippen LogP contribution < -0.4 is 4.74 Å². The molecule has 0 saturated heterocycles. The number of phenols is 2. The van der Waals surface area contributed by atoms with E-state index in [2.05, 4.69) is 0 Å². The van der Waals surface area contributed by atoms with Crippen molar-refractivity contribution in [1.29, 1.82) is 0 Å². The summed E-state index contributed by atoms with van der Waals surface area (Å²) in [6.07, 6.45) is 0.528. The number of carbonyl (C=O) groups excluding carboxylic acids is 1. The summed E-state index contributed by atoms with van der Waals surface area (Å²) in [5.74, 6) is 0.0349. The normalized spacial score (nSPS) is 17.4. The first kappa shape index (κ1) is 12.5. The monoisotopic (exact) mass is 270 g/mol. The third kappa shape index (κ3) is 1.99. The Morgan fingerprint density at radius 2 is 1.80 bits per heavy atom. The molecule has 1 unspecified atom stereocenters. The predicted octanol–water partition coefficient (Wildman–Crippen LogP) is 2.65. The molecule has 0 spiro atoms. The SMILES string of the molecule is Cc1c(O)ccc2c1OC(=O)C(c1ccc(O)cc1)C2. The van der Waals surface area contributed by atoms with Crippen molar-refractivity contribution in [2.24, 2.45) is 0 Å². The minimum Gasteiger partial charge on any atom is -0.508 e. The fourth-order valence-electron chi connectivity index (χ4n) is 2.48. The number of benzene rings is 2. The maximum Gasteiger partial charge on any atom is 0.319 e. The van der Waals surface area contributed by atoms with Gasteiger partial charge in [-0.25, -0.2) is 0 Å². The second-order valence-corrected chi connectivity index (χ2v) is 4.97. The molecule has 20 heavy (non-hydrogen) atoms. The summed E-state index contributed by atoms with van der Waals surface area (Å²) < 4.78 is 5.38. The summed E-state index contributed by atoms with van der Waals surface area (Å²) in [5, 5.41) is 19.0. The van der Waals surface area contributed by atoms with Crippen molar-refractivity contribution in [1.82, 2.24) is 0 Å². The third-order valence-corrected chi connectivity index (χ3v) is 3.67. The van der Waals surface area contributed by atoms with Gasteiger partial charge in [0.05, 0.1) is 5.92 Å². The van der Waals surface area contributed by atoms with Crippen molar-refractivity contribution >= 4 is 5.97 Å². The quantitative estimate of drug-likeness (QED) is 0.617. The van der Waals surface area contributed by atoms with Crippen molar-refractivity contribution in [3.63, 3.8) is 0 Å². The minimum absolute atomic E-state index is 0.125. The number of aromatic hydroxyl groups is 2. The number of hydrogen-bond acceptors (Lipinski definition) is 4. The number of fused-ring (bicyclic) bond motifs is 1. The molecule has 0 fully saturated rings. The van der Waals surface area contributed by atoms with Gasteiger partial charge in [0.25, 0.3) is 0 Å². The molecule has 1 aliphatic heterocycles. The van der Waals surface area contributed by atoms with Gasteiger partial charge in [-0.15, -0.1) is 0 Å². The molecule has 3 rings (SSSR count). The standard InChI is InChI=1S/C16H14O4/c1-9-14(18)7-4-11-8-13(16(19)20-15(9)11)10-2-5-12(17)6-3-10/h2-7,13,17-18H,8H2,1H3. The van der Waals surface area contributed by atoms with Crippen LogP contribution in [-0.2, 0) is 11.2 Å². The summed E-state index contributed by atoms with van der Waals surface area (Å²) in [6, 6.07) is 9.94. The smallest absolute Gasteiger partial charge is 0.319 e. The van der Waals surface area contributed by atoms with Crippen molar-refractivity contribution in [3.8, 4) is 17.2 Å². The van der Waals surface area contributed by atoms with Gasteiger partial charge in [0.2, 0.25) is 0 Å². The summed E-state index contributed by atoms with van der Waals surface area (Å²) in [6.45, 7) is 1.72. The van der Waals surface area contributed by atoms with Crippen LogP contribution in [0.5, 0.6) is 17.2 Å². The molecule has 2 N–H and O–H groups in total. The number of phenolic OH excluding ortho intramolecular Hbond substituents is 2. The molecular weight excluding hydrogens is 256 g/mol. The van der Waals surface area contributed by atoms with Crippen LogP contribution in [-0.4, -0.2) is 16.2 Å². The maximum absolute atomic E-state index is 12.1. The Balaban J connectivity index is 1.99. The lowest BCUT2D eigenvalue weighted by Crippen LogP contribution is -2.26. The van der Waals surface area contributed by atoms with E-state index in [9.17, 15) is 15.0 Å². The van der Waals surface area contributed by atoms with Gasteiger partial charge in [-0.2, -0.15) is 0 Å². The number of hydrogen-bond donors (Lipinski definition) is 2. The molecule has 0 aliphatic carbocycles. The molecule has 0 radical (unpaired) electrons. The average molecular weight is 270 g/mol. The first-order valence-corrected chi connectivity index (χ1v) is 6.38. The van der Waals surface area contributed by atoms with E-state index in [4.69, 9.17) is 4.74 Å². The van der Waals surface area contributed by atoms with Gasteiger partial charge >= 0.3 is 5.97 Å². The molecule has 0 bridgehead atoms. The van der Waals surface area contributed by atoms with E-state index < -0.39 is 0 Å². The van der Waals surface area contributed by atoms with Crippen LogP contribution in [0.15, 0.2) is 36.4 Å². The Labute approximate surface area is 116 Å². The zero-order valence-corrected chi connectivity index (χ0v) is 11.0. The molecule has 2 aromatic carbocycles. The van der Waals surface area contributed by atoms with Crippen molar-refractivity contribution in [2.75, 3.05) is 0 Å². The van der Waals surface area contributed by atoms with Crippen LogP contribution in [0.4, 0.5) is 0 Å². The summed E-state index contributed by atoms with van der Waals surface area (Å²) in [7, 11) is 0. The number of esters is 1. The first-order chi connectivity index (χ1) is 9.56. The molecular formula is C16H14O4. The van der Waals surface area contributed by atoms with Crippen LogP contribution in [0, 0.1) is 6.92 Å². The van der Waals surface area contributed by atoms with Crippen molar-refractivity contribution in [2.45, 2.75) is 19.3 Å². The van der Waals surface area contributed by atoms with E-state index in [1.54, 1.807) is 43.3 Å². The van der Waals surface area contributed by atoms with Gasteiger partial charge in [-0.05, 0) is 42.7 Å². The Morgan fingerprint density at radius 3 is 2.50 bits per heavy atom. The van der Waals surface area contributed by atoms with E-state index in [-0.39, 0.29) is 23.4 Å². The zero-order chi connectivity index (χ0) is 14.3. The van der Waals surface area contributed by atoms with Crippen molar-refractivity contribution in [3.05, 3.63) is 53.1 Å². The molecule has 1 heterocycles. The van der Waals surface area contributed by atoms with Crippen LogP contribution >= 0.6 is 0 Å². The molecule has 4 heteroatoms. The van der Waals surface area contributed by atoms with Gasteiger partial charge in [0.1, 0.15) is 17.2 Å². The summed E-state index contributed by atoms with van der Waals surface area (Å²) >= 11 is 0. The van der Waals surface area contributed by atoms with E-state index in [1.165, 1.54) is 0 Å². The zero-order valence-electron chi connectivity index (χ0n) is 11.0. The Kier molecular flexibility index (Phi) is 2.86. The molecule has 1 atom stereocenters. The van der Waals surface area contributed by atoms with Crippen molar-refractivity contribution < 1.29 is 19.7 Å². The third-order valence-electron chi connectivity index (χ3n) is 3.67. The summed E-state index contributed by atoms with van der Waals surface area (Å²) in [4.78, 5) is 12.1. The van der Waals surface area contributed by atoms with Gasteiger partial charge in [-0.3, -0.25) is 4.79 Å². The van der Waals surface area contributed by atoms with E-state index in [1.807, 2.05) is 0 Å². The first-order valence-electron chi connectivity index (χ1n) is 6.38. The number of ether oxygens (including phenoxy) is 1. The Hall–Kier alpha value is -2.49. The molecule has 1 aliphatic rings. The highest BCUT2D eigenvalue weighted by atomic mass is 16.5. The average Bonchev–Trinajstić information content (AvgIpc) is 2.44. The van der Waals surface area contributed by atoms with Crippen LogP contribution in [0.25, 0.3) is 0 Å². The lowest BCUT2D eigenvalue weighted by Gasteiger charge is -2.25. The minimum atomic E-state index is -0.382. The van der Waals surface area contributed by atoms with Crippen LogP contribution in [0.2, 0.25) is 0 Å². The molecule has 2 aromatic rings. The van der Waals surface area contributed by atoms with E-state index in [0.717, 1.165) is 11.1 Å². The Morgan fingerprint density at radius 1 is 1.10 bits per heavy atom. The molecule has 102 valence electrons. The highest BCUT2D eigenvalue weighted by Gasteiger charge is 2.31. The van der Waals surface area contributed by atoms with E-state index in [0.29, 0.717) is 17.7 Å². The Bertz CT molecular complexity index is 674. The highest BCUT2D eigenvalue weighted by Crippen LogP contribution is 2.38. The van der Waals surface area contributed by atoms with Crippen LogP contribution in [0.1, 0.15) is 22.6 Å². The van der Waals surface area contributed by atoms with Gasteiger partial charge in [0, 0.05) is 5.56 Å². The lowest BCUT2D eigenvalue weighted by molar-refractivity contribution is -0.137. The van der Waals surface area contributed by atoms with Crippen LogP contribution in [0.3, 0.4) is 0 Å². The molecule has 0 aromatic heterocycles. The highest BCUT2D eigenvalue weighted by molar-refractivity contribution is 5.83. The largest absolute Gasteiger partial charge is 0.508 e. The number of rotatable bonds is 1. The predicted molar refractivity (Wildman–Crippen MR) is 73.0 cm³/mol.